The second kappa shape index (κ2) is 44.2. The average molecular weight is 1450 g/mol. The van der Waals surface area contributed by atoms with Gasteiger partial charge in [0.15, 0.2) is 0 Å². The normalized spacial score (nSPS) is 13.4. The number of carbonyl (C=O) groups excluding carboxylic acids is 4. The molecular formula is C78H100AlClF3N13O7. The van der Waals surface area contributed by atoms with Crippen LogP contribution in [0.5, 0.6) is 0 Å². The van der Waals surface area contributed by atoms with Crippen LogP contribution in [0.1, 0.15) is 153 Å². The Labute approximate surface area is 614 Å². The SMILES string of the molecule is CCN(c1ccc(C(=O)Nc2ccc(F)cc2)cn1)C1CC1.CCN(c1ccc(CNc2ccc(F)cc2)cn1)C1CC1.CCOC(=O)c1ccc(Cl)nc1.CCOC(=O)c1ccc(N(CC)C2CC2)nc1.CCOC(=O)c1ccc(NC2CC2)nc1.NC1CC1.Nc1ccc(F)cc1.[CH3][Al]([CH3])[CH3]. The number of amides is 1. The van der Waals surface area contributed by atoms with Gasteiger partial charge >= 0.3 is 17.9 Å². The second-order valence-electron chi connectivity index (χ2n) is 25.2. The summed E-state index contributed by atoms with van der Waals surface area (Å²) in [7, 11) is 0. The van der Waals surface area contributed by atoms with Crippen molar-refractivity contribution in [1.29, 1.82) is 0 Å². The Balaban J connectivity index is 0.000000194. The minimum atomic E-state index is -0.373. The molecule has 5 heterocycles. The maximum absolute atomic E-state index is 12.8. The molecular weight excluding hydrogens is 1350 g/mol. The molecule has 0 atom stereocenters. The summed E-state index contributed by atoms with van der Waals surface area (Å²) in [5.41, 5.74) is 15.6. The van der Waals surface area contributed by atoms with Crippen LogP contribution in [0.15, 0.2) is 164 Å². The molecule has 7 N–H and O–H groups in total. The topological polar surface area (TPSA) is 258 Å². The van der Waals surface area contributed by atoms with Gasteiger partial charge in [0.05, 0.1) is 42.1 Å². The van der Waals surface area contributed by atoms with Gasteiger partial charge in [-0.05, 0) is 239 Å². The molecule has 103 heavy (non-hydrogen) atoms. The number of nitrogens with zero attached hydrogens (tertiary/aromatic N) is 8. The number of nitrogen functional groups attached to an aromatic ring is 1. The van der Waals surface area contributed by atoms with Crippen molar-refractivity contribution in [2.75, 3.05) is 75.8 Å². The molecule has 0 radical (unpaired) electrons. The van der Waals surface area contributed by atoms with E-state index in [1.54, 1.807) is 81.8 Å². The number of carbonyl (C=O) groups is 4. The van der Waals surface area contributed by atoms with E-state index in [2.05, 4.69) is 106 Å². The summed E-state index contributed by atoms with van der Waals surface area (Å²) >= 11 is 5.39. The highest BCUT2D eigenvalue weighted by atomic mass is 35.5. The van der Waals surface area contributed by atoms with Gasteiger partial charge in [0.25, 0.3) is 20.1 Å². The lowest BCUT2D eigenvalue weighted by Crippen LogP contribution is -2.26. The molecule has 20 nitrogen and oxygen atoms in total. The smallest absolute Gasteiger partial charge is 0.339 e. The number of pyridine rings is 5. The highest BCUT2D eigenvalue weighted by Gasteiger charge is 2.31. The van der Waals surface area contributed by atoms with Crippen molar-refractivity contribution in [3.63, 3.8) is 0 Å². The minimum absolute atomic E-state index is 0.139. The van der Waals surface area contributed by atoms with Gasteiger partial charge in [-0.2, -0.15) is 0 Å². The third-order valence-corrected chi connectivity index (χ3v) is 15.5. The van der Waals surface area contributed by atoms with E-state index in [0.29, 0.717) is 95.4 Å². The molecule has 0 aliphatic heterocycles. The Morgan fingerprint density at radius 3 is 1.17 bits per heavy atom. The summed E-state index contributed by atoms with van der Waals surface area (Å²) in [6.07, 6.45) is 20.4. The molecule has 8 aromatic rings. The number of aromatic nitrogens is 5. The summed E-state index contributed by atoms with van der Waals surface area (Å²) in [6.45, 7) is 16.4. The Kier molecular flexibility index (Phi) is 35.5. The zero-order valence-corrected chi connectivity index (χ0v) is 62.6. The summed E-state index contributed by atoms with van der Waals surface area (Å²) < 4.78 is 52.2. The Bertz CT molecular complexity index is 3740. The van der Waals surface area contributed by atoms with Gasteiger partial charge in [-0.3, -0.25) is 4.79 Å². The second-order valence-corrected chi connectivity index (χ2v) is 29.1. The third-order valence-electron chi connectivity index (χ3n) is 15.3. The van der Waals surface area contributed by atoms with E-state index in [1.807, 2.05) is 24.4 Å². The van der Waals surface area contributed by atoms with E-state index in [9.17, 15) is 32.3 Å². The van der Waals surface area contributed by atoms with Gasteiger partial charge in [0.1, 0.15) is 45.9 Å². The molecule has 3 aromatic carbocycles. The molecule has 5 aliphatic rings. The minimum Gasteiger partial charge on any atom is -0.462 e. The van der Waals surface area contributed by atoms with Crippen LogP contribution in [0.4, 0.5) is 53.5 Å². The van der Waals surface area contributed by atoms with E-state index in [-0.39, 0.29) is 55.4 Å². The quantitative estimate of drug-likeness (QED) is 0.0139. The molecule has 0 bridgehead atoms. The lowest BCUT2D eigenvalue weighted by molar-refractivity contribution is 0.0516. The molecule has 550 valence electrons. The monoisotopic (exact) mass is 1450 g/mol. The number of ether oxygens (including phenoxy) is 3. The summed E-state index contributed by atoms with van der Waals surface area (Å²) in [5.74, 6) is 8.61. The average Bonchev–Trinajstić information content (AvgIpc) is 1.75. The highest BCUT2D eigenvalue weighted by Crippen LogP contribution is 2.33. The van der Waals surface area contributed by atoms with Gasteiger partial charge in [-0.25, -0.2) is 52.5 Å². The van der Waals surface area contributed by atoms with Gasteiger partial charge < -0.3 is 56.3 Å². The molecule has 5 fully saturated rings. The Morgan fingerprint density at radius 1 is 0.476 bits per heavy atom. The zero-order valence-electron chi connectivity index (χ0n) is 60.7. The summed E-state index contributed by atoms with van der Waals surface area (Å²) in [6, 6.07) is 39.0. The first-order valence-corrected chi connectivity index (χ1v) is 39.3. The lowest BCUT2D eigenvalue weighted by Gasteiger charge is -2.21. The fraction of sp³-hybridized carbons (Fsp3) is 0.397. The Morgan fingerprint density at radius 2 is 0.845 bits per heavy atom. The van der Waals surface area contributed by atoms with Crippen LogP contribution in [0.2, 0.25) is 22.5 Å². The van der Waals surface area contributed by atoms with Crippen LogP contribution < -0.4 is 42.1 Å². The molecule has 13 rings (SSSR count). The van der Waals surface area contributed by atoms with Crippen molar-refractivity contribution in [2.45, 2.75) is 160 Å². The predicted octanol–water partition coefficient (Wildman–Crippen LogP) is 16.2. The molecule has 5 aromatic heterocycles. The number of anilines is 7. The van der Waals surface area contributed by atoms with Crippen molar-refractivity contribution in [2.24, 2.45) is 5.73 Å². The Hall–Kier alpha value is -9.34. The van der Waals surface area contributed by atoms with Gasteiger partial charge in [-0.15, -0.1) is 17.4 Å². The predicted molar refractivity (Wildman–Crippen MR) is 408 cm³/mol. The van der Waals surface area contributed by atoms with E-state index in [4.69, 9.17) is 37.3 Å². The standard InChI is InChI=1S/C17H18FN3O.C17H20FN3.C13H18N2O2.C11H14N2O2.C8H8ClNO2.C6H6FN.C3H7N.3CH3.Al/c1-2-21(15-8-9-15)16-10-3-12(11-19-16)17(22)20-14-6-4-13(18)5-7-14;1-2-21(16-8-9-16)17-10-3-13(12-20-17)11-19-15-6-4-14(18)5-7-15;1-3-15(11-6-7-11)12-8-5-10(9-14-12)13(16)17-4-2;1-2-15-11(14)8-3-6-10(12-7-8)13-9-4-5-9;1-2-12-8(11)6-3-4-7(9)10-5-6;7-5-1-3-6(8)4-2-5;4-3-1-2-3;;;;/h3-7,10-11,15H,2,8-9H2,1H3,(H,20,22);3-7,10,12,16,19H,2,8-9,11H2,1H3;5,8-9,11H,3-4,6-7H2,1-2H3;3,6-7,9H,2,4-5H2,1H3,(H,12,13);3-5H,2H2,1H3;1-4H,8H2;3H,1-2,4H2;3*1H3;. The molecule has 5 saturated carbocycles. The molecule has 25 heteroatoms. The summed E-state index contributed by atoms with van der Waals surface area (Å²) in [4.78, 5) is 74.0. The van der Waals surface area contributed by atoms with Gasteiger partial charge in [0, 0.05) is 104 Å². The van der Waals surface area contributed by atoms with Crippen molar-refractivity contribution < 1.29 is 46.6 Å². The highest BCUT2D eigenvalue weighted by molar-refractivity contribution is 6.54. The first-order chi connectivity index (χ1) is 49.6. The number of halogens is 4. The summed E-state index contributed by atoms with van der Waals surface area (Å²) in [5, 5.41) is 9.60. The van der Waals surface area contributed by atoms with Crippen molar-refractivity contribution in [3.8, 4) is 0 Å². The maximum Gasteiger partial charge on any atom is 0.339 e. The van der Waals surface area contributed by atoms with Crippen molar-refractivity contribution in [3.05, 3.63) is 215 Å². The van der Waals surface area contributed by atoms with Crippen molar-refractivity contribution >= 4 is 89.9 Å². The number of hydrogen-bond donors (Lipinski definition) is 5. The third kappa shape index (κ3) is 32.3. The van der Waals surface area contributed by atoms with Gasteiger partial charge in [0.2, 0.25) is 0 Å². The first-order valence-electron chi connectivity index (χ1n) is 35.5. The number of esters is 3. The van der Waals surface area contributed by atoms with E-state index in [0.717, 1.165) is 54.2 Å². The van der Waals surface area contributed by atoms with Gasteiger partial charge in [-0.1, -0.05) is 17.7 Å². The molecule has 0 unspecified atom stereocenters. The van der Waals surface area contributed by atoms with Crippen LogP contribution in [0.3, 0.4) is 0 Å². The number of rotatable bonds is 22. The van der Waals surface area contributed by atoms with Crippen LogP contribution in [-0.4, -0.2) is 133 Å². The fourth-order valence-electron chi connectivity index (χ4n) is 9.28. The fourth-order valence-corrected chi connectivity index (χ4v) is 9.39. The van der Waals surface area contributed by atoms with E-state index in [1.165, 1.54) is 131 Å². The maximum atomic E-state index is 12.8. The van der Waals surface area contributed by atoms with Crippen LogP contribution in [0, 0.1) is 17.5 Å². The number of nitrogens with two attached hydrogens (primary N) is 2. The molecule has 0 spiro atoms. The number of benzene rings is 3. The van der Waals surface area contributed by atoms with Crippen LogP contribution in [0.25, 0.3) is 0 Å². The molecule has 0 saturated heterocycles. The van der Waals surface area contributed by atoms with E-state index >= 15 is 0 Å². The van der Waals surface area contributed by atoms with Crippen LogP contribution in [-0.2, 0) is 20.8 Å². The van der Waals surface area contributed by atoms with Crippen molar-refractivity contribution in [1.82, 2.24) is 24.9 Å². The number of nitrogens with one attached hydrogen (secondary N) is 3. The van der Waals surface area contributed by atoms with Crippen LogP contribution >= 0.6 is 11.6 Å². The number of hydrogen-bond acceptors (Lipinski definition) is 19. The first kappa shape index (κ1) is 82.6. The lowest BCUT2D eigenvalue weighted by atomic mass is 10.2. The van der Waals surface area contributed by atoms with E-state index < -0.39 is 0 Å². The zero-order chi connectivity index (χ0) is 74.6. The largest absolute Gasteiger partial charge is 0.462 e. The molecule has 1 amide bonds. The molecule has 5 aliphatic carbocycles.